The average Bonchev–Trinajstić information content (AvgIpc) is 2.87. The van der Waals surface area contributed by atoms with E-state index in [1.807, 2.05) is 13.8 Å². The molecular weight excluding hydrogens is 546 g/mol. The van der Waals surface area contributed by atoms with Crippen LogP contribution in [0.25, 0.3) is 0 Å². The summed E-state index contributed by atoms with van der Waals surface area (Å²) in [5.41, 5.74) is 3.00. The number of carbonyl (C=O) groups is 1. The summed E-state index contributed by atoms with van der Waals surface area (Å²) in [6, 6.07) is 0.160. The number of aliphatic hydroxyl groups is 1. The minimum Gasteiger partial charge on any atom is -0.447 e. The fourth-order valence-corrected chi connectivity index (χ4v) is 4.72. The zero-order chi connectivity index (χ0) is 30.3. The first-order valence-electron chi connectivity index (χ1n) is 13.0. The second-order valence-electron chi connectivity index (χ2n) is 9.77. The number of nitrogens with two attached hydrogens (primary N) is 1. The molecule has 0 spiro atoms. The van der Waals surface area contributed by atoms with Gasteiger partial charge in [0.2, 0.25) is 5.96 Å². The molecule has 9 nitrogen and oxygen atoms in total. The minimum atomic E-state index is -5.01. The molecule has 40 heavy (non-hydrogen) atoms. The normalized spacial score (nSPS) is 20.9. The quantitative estimate of drug-likeness (QED) is 0.126. The average molecular weight is 583 g/mol. The maximum Gasteiger partial charge on any atom is 0.416 e. The van der Waals surface area contributed by atoms with Crippen molar-refractivity contribution in [2.75, 3.05) is 13.2 Å². The van der Waals surface area contributed by atoms with E-state index in [-0.39, 0.29) is 48.9 Å². The van der Waals surface area contributed by atoms with Gasteiger partial charge in [0.15, 0.2) is 0 Å². The molecule has 1 aromatic rings. The molecule has 1 aliphatic rings. The van der Waals surface area contributed by atoms with Gasteiger partial charge in [-0.3, -0.25) is 0 Å². The van der Waals surface area contributed by atoms with Crippen LogP contribution in [0, 0.1) is 0 Å². The molecule has 0 aromatic heterocycles. The summed E-state index contributed by atoms with van der Waals surface area (Å²) in [6.07, 6.45) is -9.24. The number of hydrogen-bond donors (Lipinski definition) is 2. The van der Waals surface area contributed by atoms with E-state index in [0.717, 1.165) is 0 Å². The van der Waals surface area contributed by atoms with Gasteiger partial charge in [0.1, 0.15) is 0 Å². The minimum absolute atomic E-state index is 0.0629. The van der Waals surface area contributed by atoms with Crippen LogP contribution in [0.2, 0.25) is 0 Å². The SMILES string of the molecule is CC[C@@H]1CC(N(Cc2cc(C(F)(F)F)cc(C(F)(F)F)c2)C(N)=NN=NCCO)C[C@H](CC)N1C(=O)OC(C)C. The van der Waals surface area contributed by atoms with E-state index in [1.165, 1.54) is 4.90 Å². The second-order valence-corrected chi connectivity index (χ2v) is 9.77. The van der Waals surface area contributed by atoms with Crippen LogP contribution < -0.4 is 5.73 Å². The molecule has 15 heteroatoms. The Morgan fingerprint density at radius 1 is 1.07 bits per heavy atom. The summed E-state index contributed by atoms with van der Waals surface area (Å²) in [5.74, 6) is -0.277. The van der Waals surface area contributed by atoms with Crippen LogP contribution in [0.4, 0.5) is 31.1 Å². The summed E-state index contributed by atoms with van der Waals surface area (Å²) in [7, 11) is 0. The highest BCUT2D eigenvalue weighted by molar-refractivity contribution is 5.78. The largest absolute Gasteiger partial charge is 0.447 e. The van der Waals surface area contributed by atoms with Gasteiger partial charge in [0.05, 0.1) is 30.4 Å². The lowest BCUT2D eigenvalue weighted by Gasteiger charge is -2.47. The summed E-state index contributed by atoms with van der Waals surface area (Å²) in [5, 5.41) is 19.8. The molecule has 1 aromatic carbocycles. The molecule has 2 rings (SSSR count). The second kappa shape index (κ2) is 14.0. The third-order valence-corrected chi connectivity index (χ3v) is 6.51. The number of piperidine rings is 1. The molecule has 0 radical (unpaired) electrons. The van der Waals surface area contributed by atoms with E-state index in [9.17, 15) is 31.1 Å². The van der Waals surface area contributed by atoms with Gasteiger partial charge in [0.25, 0.3) is 0 Å². The first-order valence-corrected chi connectivity index (χ1v) is 13.0. The molecular formula is C25H36F6N6O3. The van der Waals surface area contributed by atoms with Gasteiger partial charge in [-0.1, -0.05) is 18.9 Å². The lowest BCUT2D eigenvalue weighted by atomic mass is 9.87. The zero-order valence-corrected chi connectivity index (χ0v) is 22.8. The van der Waals surface area contributed by atoms with E-state index in [2.05, 4.69) is 15.4 Å². The molecule has 1 aliphatic heterocycles. The lowest BCUT2D eigenvalue weighted by molar-refractivity contribution is -0.143. The lowest BCUT2D eigenvalue weighted by Crippen LogP contribution is -2.58. The Morgan fingerprint density at radius 3 is 2.02 bits per heavy atom. The van der Waals surface area contributed by atoms with E-state index in [0.29, 0.717) is 37.8 Å². The molecule has 1 heterocycles. The Morgan fingerprint density at radius 2 is 1.60 bits per heavy atom. The van der Waals surface area contributed by atoms with Crippen LogP contribution in [-0.4, -0.2) is 64.3 Å². The van der Waals surface area contributed by atoms with Crippen molar-refractivity contribution in [2.45, 2.75) is 96.5 Å². The predicted molar refractivity (Wildman–Crippen MR) is 135 cm³/mol. The number of benzene rings is 1. The Hall–Kier alpha value is -3.10. The summed E-state index contributed by atoms with van der Waals surface area (Å²) < 4.78 is 86.4. The van der Waals surface area contributed by atoms with Crippen molar-refractivity contribution >= 4 is 12.1 Å². The number of carbonyl (C=O) groups excluding carboxylic acids is 1. The molecule has 1 amide bonds. The highest BCUT2D eigenvalue weighted by Gasteiger charge is 2.41. The van der Waals surface area contributed by atoms with Crippen molar-refractivity contribution < 1.29 is 41.0 Å². The number of hydrogen-bond acceptors (Lipinski definition) is 5. The van der Waals surface area contributed by atoms with Crippen LogP contribution in [-0.2, 0) is 23.6 Å². The molecule has 1 saturated heterocycles. The number of alkyl halides is 6. The number of halogens is 6. The number of nitrogens with zero attached hydrogens (tertiary/aromatic N) is 5. The van der Waals surface area contributed by atoms with Crippen molar-refractivity contribution in [3.05, 3.63) is 34.9 Å². The fraction of sp³-hybridized carbons (Fsp3) is 0.680. The molecule has 3 N–H and O–H groups in total. The number of guanidine groups is 1. The zero-order valence-electron chi connectivity index (χ0n) is 22.8. The third kappa shape index (κ3) is 8.96. The van der Waals surface area contributed by atoms with E-state index in [4.69, 9.17) is 15.6 Å². The fourth-order valence-electron chi connectivity index (χ4n) is 4.72. The van der Waals surface area contributed by atoms with Gasteiger partial charge in [0, 0.05) is 24.7 Å². The van der Waals surface area contributed by atoms with E-state index < -0.39 is 42.2 Å². The number of rotatable bonds is 9. The molecule has 3 atom stereocenters. The standard InChI is InChI=1S/C25H36F6N6O3/c1-5-19-12-21(13-20(6-2)37(19)23(39)40-15(3)4)36(22(32)34-35-33-7-8-38)14-16-9-17(24(26,27)28)11-18(10-16)25(29,30)31/h9-11,15,19-21,38H,5-8,12-14H2,1-4H3,(H2,32,33,34)/t19-,20+,21?. The Kier molecular flexibility index (Phi) is 11.6. The van der Waals surface area contributed by atoms with Gasteiger partial charge in [-0.15, -0.1) is 0 Å². The molecule has 0 aliphatic carbocycles. The van der Waals surface area contributed by atoms with Crippen molar-refractivity contribution in [1.29, 1.82) is 0 Å². The number of likely N-dealkylation sites (tertiary alicyclic amines) is 1. The molecule has 0 bridgehead atoms. The monoisotopic (exact) mass is 582 g/mol. The summed E-state index contributed by atoms with van der Waals surface area (Å²) in [4.78, 5) is 15.9. The Labute approximate surface area is 229 Å². The molecule has 226 valence electrons. The van der Waals surface area contributed by atoms with Gasteiger partial charge in [-0.25, -0.2) is 4.79 Å². The number of aliphatic hydroxyl groups excluding tert-OH is 1. The van der Waals surface area contributed by atoms with Gasteiger partial charge < -0.3 is 25.4 Å². The van der Waals surface area contributed by atoms with E-state index >= 15 is 0 Å². The van der Waals surface area contributed by atoms with Crippen molar-refractivity contribution in [3.63, 3.8) is 0 Å². The highest BCUT2D eigenvalue weighted by Crippen LogP contribution is 2.37. The van der Waals surface area contributed by atoms with Gasteiger partial charge >= 0.3 is 18.4 Å². The molecule has 1 fully saturated rings. The van der Waals surface area contributed by atoms with Crippen LogP contribution in [0.5, 0.6) is 0 Å². The van der Waals surface area contributed by atoms with Crippen molar-refractivity contribution in [3.8, 4) is 0 Å². The van der Waals surface area contributed by atoms with Crippen LogP contribution in [0.1, 0.15) is 70.1 Å². The van der Waals surface area contributed by atoms with E-state index in [1.54, 1.807) is 18.7 Å². The topological polar surface area (TPSA) is 116 Å². The maximum atomic E-state index is 13.5. The van der Waals surface area contributed by atoms with Crippen LogP contribution in [0.3, 0.4) is 0 Å². The highest BCUT2D eigenvalue weighted by atomic mass is 19.4. The number of ether oxygens (including phenoxy) is 1. The Balaban J connectivity index is 2.55. The molecule has 1 unspecified atom stereocenters. The smallest absolute Gasteiger partial charge is 0.416 e. The van der Waals surface area contributed by atoms with Crippen molar-refractivity contribution in [2.24, 2.45) is 21.2 Å². The van der Waals surface area contributed by atoms with Crippen LogP contribution >= 0.6 is 0 Å². The van der Waals surface area contributed by atoms with Gasteiger partial charge in [-0.2, -0.15) is 31.5 Å². The molecule has 0 saturated carbocycles. The predicted octanol–water partition coefficient (Wildman–Crippen LogP) is 5.77. The first kappa shape index (κ1) is 33.1. The maximum absolute atomic E-state index is 13.5. The van der Waals surface area contributed by atoms with Crippen LogP contribution in [0.15, 0.2) is 33.6 Å². The summed E-state index contributed by atoms with van der Waals surface area (Å²) in [6.45, 7) is 6.35. The number of amides is 1. The third-order valence-electron chi connectivity index (χ3n) is 6.51. The summed E-state index contributed by atoms with van der Waals surface area (Å²) >= 11 is 0. The first-order chi connectivity index (χ1) is 18.6. The van der Waals surface area contributed by atoms with Crippen molar-refractivity contribution in [1.82, 2.24) is 9.80 Å². The van der Waals surface area contributed by atoms with Gasteiger partial charge in [-0.05, 0) is 68.5 Å². The Bertz CT molecular complexity index is 1000.